The normalized spacial score (nSPS) is 19.7. The molecule has 3 aromatic rings. The summed E-state index contributed by atoms with van der Waals surface area (Å²) in [7, 11) is 0. The molecule has 1 aliphatic carbocycles. The minimum Gasteiger partial charge on any atom is -0.371 e. The van der Waals surface area contributed by atoms with Gasteiger partial charge in [0.15, 0.2) is 0 Å². The average molecular weight is 597 g/mol. The minimum absolute atomic E-state index is 0.0291. The summed E-state index contributed by atoms with van der Waals surface area (Å²) in [5.41, 5.74) is 3.17. The van der Waals surface area contributed by atoms with E-state index < -0.39 is 24.7 Å². The molecule has 0 radical (unpaired) electrons. The molecule has 6 rings (SSSR count). The number of fused-ring (bicyclic) bond motifs is 1. The van der Waals surface area contributed by atoms with Crippen molar-refractivity contribution in [2.75, 3.05) is 37.6 Å². The van der Waals surface area contributed by atoms with Gasteiger partial charge in [0.25, 0.3) is 11.8 Å². The van der Waals surface area contributed by atoms with E-state index in [1.54, 1.807) is 36.7 Å². The van der Waals surface area contributed by atoms with Crippen molar-refractivity contribution in [1.82, 2.24) is 14.8 Å². The largest absolute Gasteiger partial charge is 0.406 e. The monoisotopic (exact) mass is 596 g/mol. The molecule has 2 aliphatic heterocycles. The topological polar surface area (TPSA) is 56.8 Å². The second-order valence-corrected chi connectivity index (χ2v) is 12.1. The van der Waals surface area contributed by atoms with Crippen molar-refractivity contribution >= 4 is 29.1 Å². The maximum absolute atomic E-state index is 13.7. The van der Waals surface area contributed by atoms with Crippen LogP contribution in [0.15, 0.2) is 67.0 Å². The molecule has 0 unspecified atom stereocenters. The number of aryl methyl sites for hydroxylation is 1. The third kappa shape index (κ3) is 5.71. The Hall–Kier alpha value is -3.59. The van der Waals surface area contributed by atoms with Gasteiger partial charge in [-0.05, 0) is 85.0 Å². The number of nitrogens with zero attached hydrogens (tertiary/aromatic N) is 4. The number of piperidine rings is 1. The lowest BCUT2D eigenvalue weighted by molar-refractivity contribution is -0.144. The number of anilines is 1. The van der Waals surface area contributed by atoms with E-state index in [1.807, 2.05) is 23.1 Å². The first-order valence-corrected chi connectivity index (χ1v) is 14.7. The number of hydrogen-bond acceptors (Lipinski definition) is 4. The van der Waals surface area contributed by atoms with E-state index in [2.05, 4.69) is 9.88 Å². The van der Waals surface area contributed by atoms with Gasteiger partial charge in [0, 0.05) is 49.8 Å². The molecular formula is C32H32ClF3N4O2. The summed E-state index contributed by atoms with van der Waals surface area (Å²) in [5, 5.41) is 0.103. The van der Waals surface area contributed by atoms with Gasteiger partial charge in [-0.2, -0.15) is 13.2 Å². The van der Waals surface area contributed by atoms with Gasteiger partial charge >= 0.3 is 6.18 Å². The zero-order valence-corrected chi connectivity index (χ0v) is 23.9. The number of pyridine rings is 1. The Labute approximate surface area is 248 Å². The average Bonchev–Trinajstić information content (AvgIpc) is 3.60. The molecule has 3 aliphatic rings. The fourth-order valence-electron chi connectivity index (χ4n) is 6.84. The van der Waals surface area contributed by atoms with Gasteiger partial charge in [0.2, 0.25) is 0 Å². The highest BCUT2D eigenvalue weighted by Crippen LogP contribution is 2.43. The van der Waals surface area contributed by atoms with Crippen molar-refractivity contribution < 1.29 is 22.8 Å². The van der Waals surface area contributed by atoms with Crippen LogP contribution in [0.25, 0.3) is 0 Å². The van der Waals surface area contributed by atoms with E-state index >= 15 is 0 Å². The number of carbonyl (C=O) groups is 2. The van der Waals surface area contributed by atoms with E-state index in [4.69, 9.17) is 11.6 Å². The van der Waals surface area contributed by atoms with Gasteiger partial charge in [-0.3, -0.25) is 14.6 Å². The van der Waals surface area contributed by atoms with E-state index in [-0.39, 0.29) is 21.9 Å². The minimum atomic E-state index is -4.59. The fourth-order valence-corrected chi connectivity index (χ4v) is 7.05. The second kappa shape index (κ2) is 11.2. The number of alkyl halides is 3. The van der Waals surface area contributed by atoms with Crippen molar-refractivity contribution in [1.29, 1.82) is 0 Å². The maximum Gasteiger partial charge on any atom is 0.406 e. The molecule has 2 aromatic carbocycles. The zero-order valence-electron chi connectivity index (χ0n) is 23.1. The van der Waals surface area contributed by atoms with Crippen LogP contribution in [-0.2, 0) is 6.42 Å². The van der Waals surface area contributed by atoms with Gasteiger partial charge in [-0.25, -0.2) is 0 Å². The quantitative estimate of drug-likeness (QED) is 0.335. The molecule has 0 N–H and O–H groups in total. The highest BCUT2D eigenvalue weighted by atomic mass is 35.5. The van der Waals surface area contributed by atoms with Gasteiger partial charge in [0.05, 0.1) is 16.6 Å². The van der Waals surface area contributed by atoms with Crippen LogP contribution >= 0.6 is 11.6 Å². The predicted molar refractivity (Wildman–Crippen MR) is 155 cm³/mol. The summed E-state index contributed by atoms with van der Waals surface area (Å²) in [5.74, 6) is -0.885. The summed E-state index contributed by atoms with van der Waals surface area (Å²) in [4.78, 5) is 36.3. The van der Waals surface area contributed by atoms with Crippen LogP contribution in [0.5, 0.6) is 0 Å². The van der Waals surface area contributed by atoms with E-state index in [1.165, 1.54) is 12.1 Å². The number of likely N-dealkylation sites (tertiary alicyclic amines) is 1. The SMILES string of the molecule is O=C(c1ccc2c(c1)[C@H](N(CC(F)(F)F)C(=O)c1ccccc1Cl)CC2)N1CCC2(CCN(c3ccncc3)CC2)C1. The van der Waals surface area contributed by atoms with Crippen LogP contribution in [0.3, 0.4) is 0 Å². The maximum atomic E-state index is 13.7. The smallest absolute Gasteiger partial charge is 0.371 e. The molecule has 2 amide bonds. The summed E-state index contributed by atoms with van der Waals surface area (Å²) < 4.78 is 41.2. The van der Waals surface area contributed by atoms with E-state index in [0.29, 0.717) is 37.1 Å². The molecular weight excluding hydrogens is 565 g/mol. The van der Waals surface area contributed by atoms with Crippen molar-refractivity contribution in [3.63, 3.8) is 0 Å². The molecule has 1 atom stereocenters. The Morgan fingerprint density at radius 3 is 2.43 bits per heavy atom. The molecule has 1 spiro atoms. The number of halogens is 4. The highest BCUT2D eigenvalue weighted by molar-refractivity contribution is 6.33. The van der Waals surface area contributed by atoms with Crippen LogP contribution < -0.4 is 4.90 Å². The molecule has 1 aromatic heterocycles. The third-order valence-electron chi connectivity index (χ3n) is 9.11. The van der Waals surface area contributed by atoms with Crippen LogP contribution in [-0.4, -0.2) is 65.5 Å². The Morgan fingerprint density at radius 2 is 1.71 bits per heavy atom. The molecule has 2 fully saturated rings. The molecule has 220 valence electrons. The summed E-state index contributed by atoms with van der Waals surface area (Å²) >= 11 is 6.20. The van der Waals surface area contributed by atoms with E-state index in [0.717, 1.165) is 48.5 Å². The van der Waals surface area contributed by atoms with Gasteiger partial charge in [0.1, 0.15) is 6.54 Å². The molecule has 10 heteroatoms. The lowest BCUT2D eigenvalue weighted by Gasteiger charge is -2.40. The number of benzene rings is 2. The standard InChI is InChI=1S/C32H32ClF3N4O2/c33-27-4-2-1-3-25(27)30(42)40(21-32(34,35)36)28-8-7-22-5-6-23(19-26(22)28)29(41)39-18-13-31(20-39)11-16-38(17-12-31)24-9-14-37-15-10-24/h1-6,9-10,14-15,19,28H,7-8,11-13,16-18,20-21H2/t28-/m1/s1. The second-order valence-electron chi connectivity index (χ2n) is 11.7. The van der Waals surface area contributed by atoms with Crippen LogP contribution in [0.4, 0.5) is 18.9 Å². The van der Waals surface area contributed by atoms with E-state index in [9.17, 15) is 22.8 Å². The molecule has 2 saturated heterocycles. The van der Waals surface area contributed by atoms with Crippen molar-refractivity contribution in [2.45, 2.75) is 44.3 Å². The fraction of sp³-hybridized carbons (Fsp3) is 0.406. The Balaban J connectivity index is 1.19. The predicted octanol–water partition coefficient (Wildman–Crippen LogP) is 6.56. The number of amides is 2. The molecule has 42 heavy (non-hydrogen) atoms. The molecule has 3 heterocycles. The summed E-state index contributed by atoms with van der Waals surface area (Å²) in [6.07, 6.45) is 2.79. The lowest BCUT2D eigenvalue weighted by atomic mass is 9.77. The first-order chi connectivity index (χ1) is 20.1. The Bertz CT molecular complexity index is 1470. The highest BCUT2D eigenvalue weighted by Gasteiger charge is 2.43. The van der Waals surface area contributed by atoms with Crippen molar-refractivity contribution in [3.05, 3.63) is 94.3 Å². The van der Waals surface area contributed by atoms with Crippen LogP contribution in [0.2, 0.25) is 5.02 Å². The van der Waals surface area contributed by atoms with Crippen molar-refractivity contribution in [2.24, 2.45) is 5.41 Å². The lowest BCUT2D eigenvalue weighted by Crippen LogP contribution is -2.42. The zero-order chi connectivity index (χ0) is 29.5. The summed E-state index contributed by atoms with van der Waals surface area (Å²) in [6.45, 7) is 1.76. The number of aromatic nitrogens is 1. The first kappa shape index (κ1) is 28.5. The molecule has 6 nitrogen and oxygen atoms in total. The number of rotatable bonds is 5. The third-order valence-corrected chi connectivity index (χ3v) is 9.44. The van der Waals surface area contributed by atoms with Crippen molar-refractivity contribution in [3.8, 4) is 0 Å². The first-order valence-electron chi connectivity index (χ1n) is 14.3. The van der Waals surface area contributed by atoms with Gasteiger partial charge in [-0.15, -0.1) is 0 Å². The number of carbonyl (C=O) groups excluding carboxylic acids is 2. The van der Waals surface area contributed by atoms with Crippen LogP contribution in [0.1, 0.15) is 63.6 Å². The molecule has 0 saturated carbocycles. The molecule has 0 bridgehead atoms. The van der Waals surface area contributed by atoms with Crippen LogP contribution in [0, 0.1) is 5.41 Å². The summed E-state index contributed by atoms with van der Waals surface area (Å²) in [6, 6.07) is 14.7. The Kier molecular flexibility index (Phi) is 7.64. The number of hydrogen-bond donors (Lipinski definition) is 0. The Morgan fingerprint density at radius 1 is 1.00 bits per heavy atom. The van der Waals surface area contributed by atoms with Gasteiger partial charge < -0.3 is 14.7 Å². The van der Waals surface area contributed by atoms with Gasteiger partial charge in [-0.1, -0.05) is 29.8 Å².